The molecular formula is C13H19N3O. The summed E-state index contributed by atoms with van der Waals surface area (Å²) in [6.07, 6.45) is 0. The van der Waals surface area contributed by atoms with Crippen molar-refractivity contribution in [1.82, 2.24) is 10.3 Å². The lowest BCUT2D eigenvalue weighted by Crippen LogP contribution is -2.40. The summed E-state index contributed by atoms with van der Waals surface area (Å²) in [4.78, 5) is 4.33. The van der Waals surface area contributed by atoms with E-state index in [-0.39, 0.29) is 5.54 Å². The highest BCUT2D eigenvalue weighted by molar-refractivity contribution is 5.77. The largest absolute Gasteiger partial charge is 0.441 e. The number of fused-ring (bicyclic) bond motifs is 1. The Morgan fingerprint density at radius 1 is 1.35 bits per heavy atom. The Morgan fingerprint density at radius 3 is 2.82 bits per heavy atom. The van der Waals surface area contributed by atoms with Gasteiger partial charge in [-0.05, 0) is 39.1 Å². The maximum Gasteiger partial charge on any atom is 0.192 e. The molecule has 0 aliphatic rings. The predicted molar refractivity (Wildman–Crippen MR) is 70.4 cm³/mol. The van der Waals surface area contributed by atoms with E-state index < -0.39 is 0 Å². The molecule has 1 aromatic heterocycles. The van der Waals surface area contributed by atoms with E-state index in [2.05, 4.69) is 29.5 Å². The van der Waals surface area contributed by atoms with Crippen LogP contribution in [0.15, 0.2) is 22.6 Å². The Kier molecular flexibility index (Phi) is 3.07. The van der Waals surface area contributed by atoms with E-state index in [1.807, 2.05) is 32.2 Å². The van der Waals surface area contributed by atoms with Gasteiger partial charge in [-0.1, -0.05) is 0 Å². The van der Waals surface area contributed by atoms with Crippen molar-refractivity contribution in [2.45, 2.75) is 26.3 Å². The van der Waals surface area contributed by atoms with E-state index >= 15 is 0 Å². The van der Waals surface area contributed by atoms with Gasteiger partial charge in [-0.3, -0.25) is 0 Å². The first kappa shape index (κ1) is 11.9. The van der Waals surface area contributed by atoms with Crippen LogP contribution in [-0.2, 0) is 0 Å². The van der Waals surface area contributed by atoms with Crippen LogP contribution in [0, 0.1) is 6.92 Å². The van der Waals surface area contributed by atoms with Crippen LogP contribution >= 0.6 is 0 Å². The summed E-state index contributed by atoms with van der Waals surface area (Å²) in [6, 6.07) is 5.99. The van der Waals surface area contributed by atoms with Gasteiger partial charge in [-0.15, -0.1) is 0 Å². The molecule has 0 saturated heterocycles. The fourth-order valence-electron chi connectivity index (χ4n) is 2.00. The summed E-state index contributed by atoms with van der Waals surface area (Å²) >= 11 is 0. The van der Waals surface area contributed by atoms with Crippen LogP contribution in [0.3, 0.4) is 0 Å². The first-order valence-corrected chi connectivity index (χ1v) is 5.80. The van der Waals surface area contributed by atoms with Crippen LogP contribution < -0.4 is 10.6 Å². The first-order valence-electron chi connectivity index (χ1n) is 5.80. The minimum absolute atomic E-state index is 0.00120. The van der Waals surface area contributed by atoms with Gasteiger partial charge in [0, 0.05) is 24.7 Å². The second-order valence-electron chi connectivity index (χ2n) is 4.95. The van der Waals surface area contributed by atoms with Gasteiger partial charge in [-0.25, -0.2) is 4.98 Å². The van der Waals surface area contributed by atoms with E-state index in [0.717, 1.165) is 23.3 Å². The smallest absolute Gasteiger partial charge is 0.192 e. The highest BCUT2D eigenvalue weighted by atomic mass is 16.3. The number of oxazole rings is 1. The molecule has 4 heteroatoms. The highest BCUT2D eigenvalue weighted by Crippen LogP contribution is 2.22. The molecule has 92 valence electrons. The SMILES string of the molecule is CNCC(C)(C)Nc1ccc2oc(C)nc2c1. The molecule has 2 N–H and O–H groups in total. The molecule has 0 radical (unpaired) electrons. The van der Waals surface area contributed by atoms with Crippen molar-refractivity contribution in [2.24, 2.45) is 0 Å². The van der Waals surface area contributed by atoms with Crippen molar-refractivity contribution >= 4 is 16.8 Å². The number of hydrogen-bond donors (Lipinski definition) is 2. The lowest BCUT2D eigenvalue weighted by atomic mass is 10.1. The Bertz CT molecular complexity index is 516. The molecule has 2 aromatic rings. The third kappa shape index (κ3) is 2.77. The molecule has 0 amide bonds. The number of nitrogens with one attached hydrogen (secondary N) is 2. The van der Waals surface area contributed by atoms with Gasteiger partial charge >= 0.3 is 0 Å². The van der Waals surface area contributed by atoms with Crippen molar-refractivity contribution in [1.29, 1.82) is 0 Å². The summed E-state index contributed by atoms with van der Waals surface area (Å²) < 4.78 is 5.45. The molecule has 0 spiro atoms. The second-order valence-corrected chi connectivity index (χ2v) is 4.95. The summed E-state index contributed by atoms with van der Waals surface area (Å²) in [5.41, 5.74) is 2.79. The van der Waals surface area contributed by atoms with E-state index in [9.17, 15) is 0 Å². The Balaban J connectivity index is 2.24. The fraction of sp³-hybridized carbons (Fsp3) is 0.462. The standard InChI is InChI=1S/C13H19N3O/c1-9-15-11-7-10(5-6-12(11)17-9)16-13(2,3)8-14-4/h5-7,14,16H,8H2,1-4H3. The molecule has 0 bridgehead atoms. The van der Waals surface area contributed by atoms with E-state index in [4.69, 9.17) is 4.42 Å². The monoisotopic (exact) mass is 233 g/mol. The van der Waals surface area contributed by atoms with Crippen molar-refractivity contribution in [3.05, 3.63) is 24.1 Å². The quantitative estimate of drug-likeness (QED) is 0.852. The van der Waals surface area contributed by atoms with Gasteiger partial charge in [0.25, 0.3) is 0 Å². The minimum atomic E-state index is 0.00120. The number of rotatable bonds is 4. The lowest BCUT2D eigenvalue weighted by molar-refractivity contribution is 0.530. The summed E-state index contributed by atoms with van der Waals surface area (Å²) in [7, 11) is 1.95. The maximum absolute atomic E-state index is 5.45. The van der Waals surface area contributed by atoms with E-state index in [1.165, 1.54) is 0 Å². The summed E-state index contributed by atoms with van der Waals surface area (Å²) in [5.74, 6) is 0.701. The van der Waals surface area contributed by atoms with E-state index in [1.54, 1.807) is 0 Å². The molecule has 0 atom stereocenters. The molecule has 0 saturated carbocycles. The van der Waals surface area contributed by atoms with Crippen molar-refractivity contribution in [2.75, 3.05) is 18.9 Å². The van der Waals surface area contributed by atoms with Gasteiger partial charge in [0.1, 0.15) is 5.52 Å². The number of aryl methyl sites for hydroxylation is 1. The summed E-state index contributed by atoms with van der Waals surface area (Å²) in [5, 5.41) is 6.65. The molecule has 0 unspecified atom stereocenters. The molecule has 17 heavy (non-hydrogen) atoms. The Morgan fingerprint density at radius 2 is 2.12 bits per heavy atom. The molecule has 4 nitrogen and oxygen atoms in total. The molecular weight excluding hydrogens is 214 g/mol. The average molecular weight is 233 g/mol. The number of hydrogen-bond acceptors (Lipinski definition) is 4. The molecule has 0 aliphatic carbocycles. The second kappa shape index (κ2) is 4.37. The van der Waals surface area contributed by atoms with Crippen LogP contribution in [0.5, 0.6) is 0 Å². The molecule has 1 aromatic carbocycles. The molecule has 0 fully saturated rings. The van der Waals surface area contributed by atoms with Crippen LogP contribution in [0.4, 0.5) is 5.69 Å². The maximum atomic E-state index is 5.45. The van der Waals surface area contributed by atoms with Crippen molar-refractivity contribution in [3.63, 3.8) is 0 Å². The average Bonchev–Trinajstić information content (AvgIpc) is 2.56. The normalized spacial score (nSPS) is 12.0. The first-order chi connectivity index (χ1) is 8.00. The zero-order valence-electron chi connectivity index (χ0n) is 10.8. The summed E-state index contributed by atoms with van der Waals surface area (Å²) in [6.45, 7) is 7.06. The molecule has 0 aliphatic heterocycles. The topological polar surface area (TPSA) is 50.1 Å². The van der Waals surface area contributed by atoms with Crippen LogP contribution in [0.25, 0.3) is 11.1 Å². The van der Waals surface area contributed by atoms with Gasteiger partial charge in [-0.2, -0.15) is 0 Å². The fourth-order valence-corrected chi connectivity index (χ4v) is 2.00. The number of nitrogens with zero attached hydrogens (tertiary/aromatic N) is 1. The number of benzene rings is 1. The number of likely N-dealkylation sites (N-methyl/N-ethyl adjacent to an activating group) is 1. The number of aromatic nitrogens is 1. The van der Waals surface area contributed by atoms with Crippen LogP contribution in [-0.4, -0.2) is 24.1 Å². The van der Waals surface area contributed by atoms with Crippen LogP contribution in [0.2, 0.25) is 0 Å². The zero-order chi connectivity index (χ0) is 12.5. The Labute approximate surface area is 101 Å². The Hall–Kier alpha value is -1.55. The van der Waals surface area contributed by atoms with Gasteiger partial charge in [0.2, 0.25) is 0 Å². The lowest BCUT2D eigenvalue weighted by Gasteiger charge is -2.27. The van der Waals surface area contributed by atoms with Crippen molar-refractivity contribution < 1.29 is 4.42 Å². The molecule has 2 rings (SSSR count). The van der Waals surface area contributed by atoms with Crippen LogP contribution in [0.1, 0.15) is 19.7 Å². The zero-order valence-corrected chi connectivity index (χ0v) is 10.8. The molecule has 1 heterocycles. The predicted octanol–water partition coefficient (Wildman–Crippen LogP) is 2.55. The van der Waals surface area contributed by atoms with E-state index in [0.29, 0.717) is 5.89 Å². The third-order valence-electron chi connectivity index (χ3n) is 2.60. The third-order valence-corrected chi connectivity index (χ3v) is 2.60. The highest BCUT2D eigenvalue weighted by Gasteiger charge is 2.16. The minimum Gasteiger partial charge on any atom is -0.441 e. The van der Waals surface area contributed by atoms with Gasteiger partial charge in [0.05, 0.1) is 0 Å². The van der Waals surface area contributed by atoms with Gasteiger partial charge in [0.15, 0.2) is 11.5 Å². The van der Waals surface area contributed by atoms with Crippen molar-refractivity contribution in [3.8, 4) is 0 Å². The number of anilines is 1. The van der Waals surface area contributed by atoms with Gasteiger partial charge < -0.3 is 15.1 Å².